The molecule has 0 aliphatic heterocycles. The SMILES string of the molecule is Nc1cnc(-c2ccc(CNC(=O)c3cc(=O)n(Cc4ccccc4)c(=O)[nH]3)c(OC(F)(F)F)c2)cn1. The lowest BCUT2D eigenvalue weighted by Gasteiger charge is -2.15. The second kappa shape index (κ2) is 10.4. The van der Waals surface area contributed by atoms with Crippen molar-refractivity contribution in [2.24, 2.45) is 0 Å². The number of amides is 1. The van der Waals surface area contributed by atoms with Crippen LogP contribution in [0.15, 0.2) is 76.6 Å². The van der Waals surface area contributed by atoms with Gasteiger partial charge >= 0.3 is 12.1 Å². The largest absolute Gasteiger partial charge is 0.573 e. The third kappa shape index (κ3) is 6.39. The molecule has 10 nitrogen and oxygen atoms in total. The van der Waals surface area contributed by atoms with Gasteiger partial charge in [0.15, 0.2) is 0 Å². The first kappa shape index (κ1) is 25.2. The zero-order valence-electron chi connectivity index (χ0n) is 19.0. The topological polar surface area (TPSA) is 145 Å². The molecule has 0 fully saturated rings. The first-order valence-electron chi connectivity index (χ1n) is 10.7. The van der Waals surface area contributed by atoms with Crippen LogP contribution in [0.25, 0.3) is 11.3 Å². The van der Waals surface area contributed by atoms with Crippen molar-refractivity contribution in [2.75, 3.05) is 5.73 Å². The number of H-pyrrole nitrogens is 1. The number of hydrogen-bond acceptors (Lipinski definition) is 7. The maximum absolute atomic E-state index is 13.0. The number of nitrogens with zero attached hydrogens (tertiary/aromatic N) is 3. The van der Waals surface area contributed by atoms with Crippen LogP contribution in [0, 0.1) is 0 Å². The summed E-state index contributed by atoms with van der Waals surface area (Å²) < 4.78 is 44.1. The minimum Gasteiger partial charge on any atom is -0.405 e. The van der Waals surface area contributed by atoms with E-state index in [9.17, 15) is 27.6 Å². The Kier molecular flexibility index (Phi) is 7.04. The lowest BCUT2D eigenvalue weighted by atomic mass is 10.1. The molecule has 0 atom stereocenters. The van der Waals surface area contributed by atoms with Crippen molar-refractivity contribution in [3.63, 3.8) is 0 Å². The lowest BCUT2D eigenvalue weighted by molar-refractivity contribution is -0.274. The predicted molar refractivity (Wildman–Crippen MR) is 127 cm³/mol. The average molecular weight is 512 g/mol. The highest BCUT2D eigenvalue weighted by Gasteiger charge is 2.32. The number of carbonyl (C=O) groups excluding carboxylic acids is 1. The van der Waals surface area contributed by atoms with Crippen LogP contribution in [-0.2, 0) is 13.1 Å². The van der Waals surface area contributed by atoms with E-state index in [1.54, 1.807) is 30.3 Å². The van der Waals surface area contributed by atoms with Crippen molar-refractivity contribution >= 4 is 11.7 Å². The molecule has 4 aromatic rings. The predicted octanol–water partition coefficient (Wildman–Crippen LogP) is 2.45. The fourth-order valence-corrected chi connectivity index (χ4v) is 3.40. The number of nitrogens with one attached hydrogen (secondary N) is 2. The molecule has 0 spiro atoms. The molecule has 2 heterocycles. The number of aromatic amines is 1. The van der Waals surface area contributed by atoms with E-state index in [0.717, 1.165) is 16.7 Å². The highest BCUT2D eigenvalue weighted by atomic mass is 19.4. The Morgan fingerprint density at radius 2 is 1.81 bits per heavy atom. The second-order valence-electron chi connectivity index (χ2n) is 7.78. The maximum Gasteiger partial charge on any atom is 0.573 e. The van der Waals surface area contributed by atoms with Gasteiger partial charge < -0.3 is 20.8 Å². The Labute approximate surface area is 206 Å². The van der Waals surface area contributed by atoms with Gasteiger partial charge in [0.1, 0.15) is 17.3 Å². The number of hydrogen-bond donors (Lipinski definition) is 3. The Morgan fingerprint density at radius 1 is 1.05 bits per heavy atom. The summed E-state index contributed by atoms with van der Waals surface area (Å²) >= 11 is 0. The number of anilines is 1. The second-order valence-corrected chi connectivity index (χ2v) is 7.78. The lowest BCUT2D eigenvalue weighted by Crippen LogP contribution is -2.38. The normalized spacial score (nSPS) is 11.2. The maximum atomic E-state index is 13.0. The van der Waals surface area contributed by atoms with Gasteiger partial charge in [0.25, 0.3) is 11.5 Å². The van der Waals surface area contributed by atoms with Crippen molar-refractivity contribution in [1.29, 1.82) is 0 Å². The molecule has 4 rings (SSSR count). The van der Waals surface area contributed by atoms with Crippen molar-refractivity contribution in [1.82, 2.24) is 24.8 Å². The molecular weight excluding hydrogens is 493 g/mol. The monoisotopic (exact) mass is 512 g/mol. The molecule has 37 heavy (non-hydrogen) atoms. The van der Waals surface area contributed by atoms with Crippen molar-refractivity contribution in [3.8, 4) is 17.0 Å². The van der Waals surface area contributed by atoms with Crippen LogP contribution in [0.3, 0.4) is 0 Å². The summed E-state index contributed by atoms with van der Waals surface area (Å²) in [4.78, 5) is 47.6. The quantitative estimate of drug-likeness (QED) is 0.345. The number of alkyl halides is 3. The molecule has 4 N–H and O–H groups in total. The highest BCUT2D eigenvalue weighted by Crippen LogP contribution is 2.31. The van der Waals surface area contributed by atoms with Crippen LogP contribution in [0.4, 0.5) is 19.0 Å². The number of carbonyl (C=O) groups is 1. The number of nitrogen functional groups attached to an aromatic ring is 1. The molecule has 1 amide bonds. The van der Waals surface area contributed by atoms with Crippen LogP contribution in [0.1, 0.15) is 21.6 Å². The summed E-state index contributed by atoms with van der Waals surface area (Å²) in [6.45, 7) is -0.396. The fourth-order valence-electron chi connectivity index (χ4n) is 3.40. The molecule has 0 radical (unpaired) electrons. The van der Waals surface area contributed by atoms with Crippen LogP contribution in [0.5, 0.6) is 5.75 Å². The molecule has 2 aromatic carbocycles. The number of rotatable bonds is 7. The molecule has 13 heteroatoms. The van der Waals surface area contributed by atoms with Gasteiger partial charge in [0, 0.05) is 23.7 Å². The zero-order chi connectivity index (χ0) is 26.6. The van der Waals surface area contributed by atoms with E-state index in [2.05, 4.69) is 25.0 Å². The van der Waals surface area contributed by atoms with E-state index in [1.165, 1.54) is 24.5 Å². The number of halogens is 3. The molecule has 0 saturated heterocycles. The van der Waals surface area contributed by atoms with Gasteiger partial charge in [-0.15, -0.1) is 13.2 Å². The Morgan fingerprint density at radius 3 is 2.46 bits per heavy atom. The summed E-state index contributed by atoms with van der Waals surface area (Å²) in [6.07, 6.45) is -2.46. The van der Waals surface area contributed by atoms with Gasteiger partial charge in [-0.05, 0) is 11.6 Å². The number of nitrogens with two attached hydrogens (primary N) is 1. The van der Waals surface area contributed by atoms with Crippen molar-refractivity contribution < 1.29 is 22.7 Å². The molecule has 2 aromatic heterocycles. The molecule has 0 saturated carbocycles. The van der Waals surface area contributed by atoms with E-state index in [1.807, 2.05) is 0 Å². The van der Waals surface area contributed by atoms with Crippen molar-refractivity contribution in [3.05, 3.63) is 105 Å². The summed E-state index contributed by atoms with van der Waals surface area (Å²) in [5.74, 6) is -1.30. The number of ether oxygens (including phenoxy) is 1. The number of benzene rings is 2. The highest BCUT2D eigenvalue weighted by molar-refractivity contribution is 5.92. The summed E-state index contributed by atoms with van der Waals surface area (Å²) in [6, 6.07) is 13.6. The third-order valence-corrected chi connectivity index (χ3v) is 5.15. The van der Waals surface area contributed by atoms with Gasteiger partial charge in [-0.25, -0.2) is 9.78 Å². The fraction of sp³-hybridized carbons (Fsp3) is 0.125. The van der Waals surface area contributed by atoms with Crippen molar-refractivity contribution in [2.45, 2.75) is 19.5 Å². The first-order valence-corrected chi connectivity index (χ1v) is 10.7. The van der Waals surface area contributed by atoms with E-state index in [0.29, 0.717) is 5.56 Å². The molecule has 0 aliphatic rings. The molecule has 0 unspecified atom stereocenters. The summed E-state index contributed by atoms with van der Waals surface area (Å²) in [5.41, 5.74) is 4.84. The van der Waals surface area contributed by atoms with Gasteiger partial charge in [0.2, 0.25) is 0 Å². The minimum atomic E-state index is -5.00. The average Bonchev–Trinajstić information content (AvgIpc) is 2.85. The third-order valence-electron chi connectivity index (χ3n) is 5.15. The summed E-state index contributed by atoms with van der Waals surface area (Å²) in [7, 11) is 0. The molecule has 0 aliphatic carbocycles. The summed E-state index contributed by atoms with van der Waals surface area (Å²) in [5, 5.41) is 2.38. The zero-order valence-corrected chi connectivity index (χ0v) is 19.0. The molecule has 0 bridgehead atoms. The van der Waals surface area contributed by atoms with Gasteiger partial charge in [-0.2, -0.15) is 0 Å². The van der Waals surface area contributed by atoms with E-state index in [-0.39, 0.29) is 34.9 Å². The van der Waals surface area contributed by atoms with E-state index in [4.69, 9.17) is 5.73 Å². The van der Waals surface area contributed by atoms with Crippen LogP contribution in [-0.4, -0.2) is 31.8 Å². The molecule has 190 valence electrons. The Balaban J connectivity index is 1.54. The van der Waals surface area contributed by atoms with Gasteiger partial charge in [-0.3, -0.25) is 19.1 Å². The van der Waals surface area contributed by atoms with Gasteiger partial charge in [0.05, 0.1) is 24.6 Å². The van der Waals surface area contributed by atoms with Crippen LogP contribution >= 0.6 is 0 Å². The van der Waals surface area contributed by atoms with Crippen LogP contribution < -0.4 is 27.0 Å². The number of aromatic nitrogens is 4. The first-order chi connectivity index (χ1) is 17.6. The van der Waals surface area contributed by atoms with E-state index < -0.39 is 35.8 Å². The molecular formula is C24H19F3N6O4. The standard InChI is InChI=1S/C24H19F3N6O4/c25-24(26,27)37-19-8-15(18-11-30-20(28)12-29-18)6-7-16(19)10-31-22(35)17-9-21(34)33(23(36)32-17)13-14-4-2-1-3-5-14/h1-9,11-12H,10,13H2,(H2,28,30)(H,31,35)(H,32,36). The minimum absolute atomic E-state index is 0.000218. The Bertz CT molecular complexity index is 1500. The van der Waals surface area contributed by atoms with Crippen LogP contribution in [0.2, 0.25) is 0 Å². The Hall–Kier alpha value is -4.94. The van der Waals surface area contributed by atoms with Gasteiger partial charge in [-0.1, -0.05) is 42.5 Å². The smallest absolute Gasteiger partial charge is 0.405 e. The van der Waals surface area contributed by atoms with E-state index >= 15 is 0 Å².